The number of nitrogens with one attached hydrogen (secondary N) is 1. The van der Waals surface area contributed by atoms with Crippen LogP contribution in [0.2, 0.25) is 5.02 Å². The zero-order valence-electron chi connectivity index (χ0n) is 19.2. The number of rotatable bonds is 9. The molecule has 0 aliphatic rings. The standard InChI is InChI=1S/C29H26ClN3O2/c30-26-15-13-22(14-16-26)18-27(34)33(21-23-8-3-1-4-9-23)28(25-11-5-2-6-12-25)29(35)32-20-24-10-7-17-31-19-24/h1-17,19,28H,18,20-21H2,(H,32,35)/t28-/m0/s1. The highest BCUT2D eigenvalue weighted by molar-refractivity contribution is 6.30. The molecule has 2 amide bonds. The van der Waals surface area contributed by atoms with Gasteiger partial charge in [-0.2, -0.15) is 0 Å². The third-order valence-electron chi connectivity index (χ3n) is 5.65. The first-order valence-electron chi connectivity index (χ1n) is 11.4. The Bertz CT molecular complexity index is 1230. The maximum absolute atomic E-state index is 13.7. The summed E-state index contributed by atoms with van der Waals surface area (Å²) >= 11 is 6.02. The summed E-state index contributed by atoms with van der Waals surface area (Å²) in [6, 6.07) is 29.2. The average Bonchev–Trinajstić information content (AvgIpc) is 2.90. The van der Waals surface area contributed by atoms with Crippen molar-refractivity contribution < 1.29 is 9.59 Å². The summed E-state index contributed by atoms with van der Waals surface area (Å²) in [6.45, 7) is 0.619. The van der Waals surface area contributed by atoms with Crippen molar-refractivity contribution in [2.24, 2.45) is 0 Å². The number of hydrogen-bond acceptors (Lipinski definition) is 3. The lowest BCUT2D eigenvalue weighted by Gasteiger charge is -2.32. The topological polar surface area (TPSA) is 62.3 Å². The fraction of sp³-hybridized carbons (Fsp3) is 0.138. The first-order valence-corrected chi connectivity index (χ1v) is 11.8. The summed E-state index contributed by atoms with van der Waals surface area (Å²) < 4.78 is 0. The SMILES string of the molecule is O=C(NCc1cccnc1)[C@H](c1ccccc1)N(Cc1ccccc1)C(=O)Cc1ccc(Cl)cc1. The number of pyridine rings is 1. The summed E-state index contributed by atoms with van der Waals surface area (Å²) in [7, 11) is 0. The lowest BCUT2D eigenvalue weighted by Crippen LogP contribution is -2.43. The van der Waals surface area contributed by atoms with Gasteiger partial charge in [-0.3, -0.25) is 14.6 Å². The van der Waals surface area contributed by atoms with Crippen molar-refractivity contribution in [2.75, 3.05) is 0 Å². The van der Waals surface area contributed by atoms with Crippen LogP contribution in [-0.4, -0.2) is 21.7 Å². The molecule has 0 unspecified atom stereocenters. The summed E-state index contributed by atoms with van der Waals surface area (Å²) in [5.74, 6) is -0.401. The summed E-state index contributed by atoms with van der Waals surface area (Å²) in [6.07, 6.45) is 3.56. The minimum atomic E-state index is -0.798. The Morgan fingerprint density at radius 2 is 1.46 bits per heavy atom. The van der Waals surface area contributed by atoms with Crippen LogP contribution in [0.4, 0.5) is 0 Å². The number of carbonyl (C=O) groups excluding carboxylic acids is 2. The van der Waals surface area contributed by atoms with Gasteiger partial charge >= 0.3 is 0 Å². The number of hydrogen-bond donors (Lipinski definition) is 1. The van der Waals surface area contributed by atoms with Crippen molar-refractivity contribution in [3.8, 4) is 0 Å². The Morgan fingerprint density at radius 3 is 2.11 bits per heavy atom. The smallest absolute Gasteiger partial charge is 0.247 e. The Morgan fingerprint density at radius 1 is 0.800 bits per heavy atom. The Balaban J connectivity index is 1.66. The maximum atomic E-state index is 13.7. The van der Waals surface area contributed by atoms with Crippen molar-refractivity contribution in [3.05, 3.63) is 137 Å². The molecule has 0 bridgehead atoms. The average molecular weight is 484 g/mol. The second-order valence-corrected chi connectivity index (χ2v) is 8.64. The second kappa shape index (κ2) is 12.0. The highest BCUT2D eigenvalue weighted by Crippen LogP contribution is 2.25. The molecule has 1 heterocycles. The van der Waals surface area contributed by atoms with Crippen LogP contribution >= 0.6 is 11.6 Å². The van der Waals surface area contributed by atoms with Crippen LogP contribution in [0.1, 0.15) is 28.3 Å². The van der Waals surface area contributed by atoms with E-state index in [2.05, 4.69) is 10.3 Å². The minimum Gasteiger partial charge on any atom is -0.350 e. The van der Waals surface area contributed by atoms with Gasteiger partial charge in [-0.25, -0.2) is 0 Å². The van der Waals surface area contributed by atoms with Gasteiger partial charge in [0.25, 0.3) is 0 Å². The van der Waals surface area contributed by atoms with Crippen molar-refractivity contribution >= 4 is 23.4 Å². The second-order valence-electron chi connectivity index (χ2n) is 8.20. The van der Waals surface area contributed by atoms with Crippen LogP contribution in [0.5, 0.6) is 0 Å². The van der Waals surface area contributed by atoms with Crippen LogP contribution in [0, 0.1) is 0 Å². The highest BCUT2D eigenvalue weighted by Gasteiger charge is 2.31. The van der Waals surface area contributed by atoms with Gasteiger partial charge in [0.2, 0.25) is 11.8 Å². The predicted molar refractivity (Wildman–Crippen MR) is 137 cm³/mol. The van der Waals surface area contributed by atoms with E-state index >= 15 is 0 Å². The van der Waals surface area contributed by atoms with Gasteiger partial charge in [-0.05, 0) is 40.5 Å². The Hall–Kier alpha value is -3.96. The van der Waals surface area contributed by atoms with Gasteiger partial charge in [0.1, 0.15) is 6.04 Å². The van der Waals surface area contributed by atoms with E-state index in [1.807, 2.05) is 84.9 Å². The van der Waals surface area contributed by atoms with E-state index < -0.39 is 6.04 Å². The molecule has 3 aromatic carbocycles. The molecular weight excluding hydrogens is 458 g/mol. The first-order chi connectivity index (χ1) is 17.1. The number of halogens is 1. The van der Waals surface area contributed by atoms with E-state index in [1.54, 1.807) is 29.4 Å². The van der Waals surface area contributed by atoms with E-state index in [0.717, 1.165) is 22.3 Å². The lowest BCUT2D eigenvalue weighted by molar-refractivity contribution is -0.141. The van der Waals surface area contributed by atoms with Crippen molar-refractivity contribution in [2.45, 2.75) is 25.6 Å². The molecule has 0 spiro atoms. The first kappa shape index (κ1) is 24.2. The zero-order chi connectivity index (χ0) is 24.5. The monoisotopic (exact) mass is 483 g/mol. The maximum Gasteiger partial charge on any atom is 0.247 e. The molecule has 0 aliphatic carbocycles. The third-order valence-corrected chi connectivity index (χ3v) is 5.90. The van der Waals surface area contributed by atoms with E-state index in [1.165, 1.54) is 0 Å². The molecule has 4 rings (SSSR count). The molecule has 5 nitrogen and oxygen atoms in total. The third kappa shape index (κ3) is 6.78. The number of carbonyl (C=O) groups is 2. The van der Waals surface area contributed by atoms with E-state index in [4.69, 9.17) is 11.6 Å². The van der Waals surface area contributed by atoms with Gasteiger partial charge in [0, 0.05) is 30.5 Å². The number of nitrogens with zero attached hydrogens (tertiary/aromatic N) is 2. The molecular formula is C29H26ClN3O2. The number of benzene rings is 3. The fourth-order valence-corrected chi connectivity index (χ4v) is 4.00. The van der Waals surface area contributed by atoms with Crippen LogP contribution in [0.3, 0.4) is 0 Å². The summed E-state index contributed by atoms with van der Waals surface area (Å²) in [5.41, 5.74) is 3.41. The molecule has 0 radical (unpaired) electrons. The molecule has 176 valence electrons. The Kier molecular flexibility index (Phi) is 8.25. The fourth-order valence-electron chi connectivity index (χ4n) is 3.88. The van der Waals surface area contributed by atoms with E-state index in [0.29, 0.717) is 18.1 Å². The molecule has 35 heavy (non-hydrogen) atoms. The van der Waals surface area contributed by atoms with Gasteiger partial charge in [0.05, 0.1) is 6.42 Å². The molecule has 4 aromatic rings. The van der Waals surface area contributed by atoms with Crippen LogP contribution in [-0.2, 0) is 29.1 Å². The quantitative estimate of drug-likeness (QED) is 0.348. The Labute approximate surface area is 210 Å². The molecule has 0 fully saturated rings. The zero-order valence-corrected chi connectivity index (χ0v) is 19.9. The summed E-state index contributed by atoms with van der Waals surface area (Å²) in [4.78, 5) is 33.1. The predicted octanol–water partition coefficient (Wildman–Crippen LogP) is 5.36. The summed E-state index contributed by atoms with van der Waals surface area (Å²) in [5, 5.41) is 3.61. The van der Waals surface area contributed by atoms with Gasteiger partial charge < -0.3 is 10.2 Å². The lowest BCUT2D eigenvalue weighted by atomic mass is 10.0. The molecule has 0 saturated carbocycles. The van der Waals surface area contributed by atoms with Gasteiger partial charge in [-0.1, -0.05) is 90.5 Å². The molecule has 0 saturated heterocycles. The van der Waals surface area contributed by atoms with E-state index in [9.17, 15) is 9.59 Å². The minimum absolute atomic E-state index is 0.151. The van der Waals surface area contributed by atoms with Gasteiger partial charge in [0.15, 0.2) is 0 Å². The normalized spacial score (nSPS) is 11.5. The molecule has 0 aliphatic heterocycles. The number of amides is 2. The van der Waals surface area contributed by atoms with Crippen LogP contribution in [0.25, 0.3) is 0 Å². The van der Waals surface area contributed by atoms with Crippen molar-refractivity contribution in [1.82, 2.24) is 15.2 Å². The number of aromatic nitrogens is 1. The molecule has 1 aromatic heterocycles. The van der Waals surface area contributed by atoms with Gasteiger partial charge in [-0.15, -0.1) is 0 Å². The largest absolute Gasteiger partial charge is 0.350 e. The molecule has 1 atom stereocenters. The highest BCUT2D eigenvalue weighted by atomic mass is 35.5. The van der Waals surface area contributed by atoms with E-state index in [-0.39, 0.29) is 18.2 Å². The van der Waals surface area contributed by atoms with Crippen LogP contribution < -0.4 is 5.32 Å². The molecule has 6 heteroatoms. The van der Waals surface area contributed by atoms with Crippen molar-refractivity contribution in [3.63, 3.8) is 0 Å². The van der Waals surface area contributed by atoms with Crippen molar-refractivity contribution in [1.29, 1.82) is 0 Å². The molecule has 1 N–H and O–H groups in total. The van der Waals surface area contributed by atoms with Crippen LogP contribution in [0.15, 0.2) is 109 Å².